The topological polar surface area (TPSA) is 164 Å². The van der Waals surface area contributed by atoms with E-state index in [0.717, 1.165) is 11.3 Å². The fourth-order valence-electron chi connectivity index (χ4n) is 2.97. The number of nitrogens with two attached hydrogens (primary N) is 1. The molecule has 3 rings (SSSR count). The SMILES string of the molecule is COC(=O)c1c(NC(=O)c2ccc(COc3ccc(C)cc3[N+](=O)[O-])o2)sc(C(N)=O)c1C. The maximum absolute atomic E-state index is 12.6. The lowest BCUT2D eigenvalue weighted by atomic mass is 10.1. The Balaban J connectivity index is 1.76. The van der Waals surface area contributed by atoms with Crippen LogP contribution in [0.5, 0.6) is 5.75 Å². The summed E-state index contributed by atoms with van der Waals surface area (Å²) in [6, 6.07) is 7.40. The minimum Gasteiger partial charge on any atom is -0.479 e. The van der Waals surface area contributed by atoms with Gasteiger partial charge in [0.2, 0.25) is 0 Å². The Bertz CT molecular complexity index is 1260. The average Bonchev–Trinajstić information content (AvgIpc) is 3.37. The zero-order valence-corrected chi connectivity index (χ0v) is 18.6. The van der Waals surface area contributed by atoms with Gasteiger partial charge in [-0.05, 0) is 43.2 Å². The largest absolute Gasteiger partial charge is 0.479 e. The number of nitro benzene ring substituents is 1. The lowest BCUT2D eigenvalue weighted by Crippen LogP contribution is -2.14. The third kappa shape index (κ3) is 5.01. The van der Waals surface area contributed by atoms with Crippen molar-refractivity contribution in [3.8, 4) is 5.75 Å². The predicted molar refractivity (Wildman–Crippen MR) is 118 cm³/mol. The first-order chi connectivity index (χ1) is 15.6. The number of hydrogen-bond acceptors (Lipinski definition) is 9. The van der Waals surface area contributed by atoms with Crippen LogP contribution in [-0.2, 0) is 11.3 Å². The van der Waals surface area contributed by atoms with Gasteiger partial charge in [-0.1, -0.05) is 6.07 Å². The number of nitro groups is 1. The minimum atomic E-state index is -0.745. The highest BCUT2D eigenvalue weighted by molar-refractivity contribution is 7.18. The number of carbonyl (C=O) groups excluding carboxylic acids is 3. The first-order valence-corrected chi connectivity index (χ1v) is 10.2. The number of carbonyl (C=O) groups is 3. The number of methoxy groups -OCH3 is 1. The van der Waals surface area contributed by atoms with Gasteiger partial charge in [0.25, 0.3) is 11.8 Å². The molecular weight excluding hydrogens is 454 g/mol. The van der Waals surface area contributed by atoms with Gasteiger partial charge >= 0.3 is 11.7 Å². The van der Waals surface area contributed by atoms with Crippen LogP contribution in [0.25, 0.3) is 0 Å². The minimum absolute atomic E-state index is 0.0199. The molecule has 0 atom stereocenters. The Kier molecular flexibility index (Phi) is 6.78. The first kappa shape index (κ1) is 23.5. The molecule has 0 fully saturated rings. The van der Waals surface area contributed by atoms with Crippen molar-refractivity contribution in [3.63, 3.8) is 0 Å². The number of rotatable bonds is 8. The van der Waals surface area contributed by atoms with E-state index in [1.165, 1.54) is 38.3 Å². The molecule has 11 nitrogen and oxygen atoms in total. The molecule has 172 valence electrons. The molecule has 3 N–H and O–H groups in total. The number of amides is 2. The summed E-state index contributed by atoms with van der Waals surface area (Å²) < 4.78 is 15.7. The fourth-order valence-corrected chi connectivity index (χ4v) is 4.01. The molecule has 0 bridgehead atoms. The Morgan fingerprint density at radius 3 is 2.58 bits per heavy atom. The molecule has 0 spiro atoms. The highest BCUT2D eigenvalue weighted by Gasteiger charge is 2.26. The van der Waals surface area contributed by atoms with Crippen molar-refractivity contribution < 1.29 is 33.2 Å². The Labute approximate surface area is 191 Å². The van der Waals surface area contributed by atoms with Gasteiger partial charge in [-0.2, -0.15) is 0 Å². The molecule has 0 aliphatic rings. The van der Waals surface area contributed by atoms with Gasteiger partial charge in [-0.15, -0.1) is 11.3 Å². The van der Waals surface area contributed by atoms with E-state index >= 15 is 0 Å². The standard InChI is InChI=1S/C21H19N3O8S/c1-10-4-6-14(13(8-10)24(28)29)31-9-12-5-7-15(32-12)19(26)23-20-16(21(27)30-3)11(2)17(33-20)18(22)25/h4-8H,9H2,1-3H3,(H2,22,25)(H,23,26). The van der Waals surface area contributed by atoms with Crippen LogP contribution >= 0.6 is 11.3 Å². The fraction of sp³-hybridized carbons (Fsp3) is 0.190. The summed E-state index contributed by atoms with van der Waals surface area (Å²) in [5, 5.41) is 13.8. The molecule has 3 aromatic rings. The van der Waals surface area contributed by atoms with E-state index in [-0.39, 0.29) is 45.0 Å². The molecule has 0 radical (unpaired) electrons. The average molecular weight is 473 g/mol. The molecule has 2 aromatic heterocycles. The third-order valence-electron chi connectivity index (χ3n) is 4.55. The molecule has 12 heteroatoms. The van der Waals surface area contributed by atoms with Crippen LogP contribution in [0.2, 0.25) is 0 Å². The zero-order chi connectivity index (χ0) is 24.3. The van der Waals surface area contributed by atoms with E-state index in [4.69, 9.17) is 19.6 Å². The molecule has 0 aliphatic heterocycles. The van der Waals surface area contributed by atoms with Crippen molar-refractivity contribution in [2.24, 2.45) is 5.73 Å². The van der Waals surface area contributed by atoms with Gasteiger partial charge in [-0.3, -0.25) is 19.7 Å². The van der Waals surface area contributed by atoms with Crippen LogP contribution < -0.4 is 15.8 Å². The number of benzene rings is 1. The Morgan fingerprint density at radius 2 is 1.94 bits per heavy atom. The summed E-state index contributed by atoms with van der Waals surface area (Å²) >= 11 is 0.843. The van der Waals surface area contributed by atoms with Crippen LogP contribution in [0.3, 0.4) is 0 Å². The maximum atomic E-state index is 12.6. The number of hydrogen-bond donors (Lipinski definition) is 2. The molecule has 0 unspecified atom stereocenters. The molecule has 2 amide bonds. The van der Waals surface area contributed by atoms with Crippen LogP contribution in [0.15, 0.2) is 34.7 Å². The van der Waals surface area contributed by atoms with Crippen molar-refractivity contribution >= 4 is 39.8 Å². The van der Waals surface area contributed by atoms with E-state index in [1.54, 1.807) is 13.0 Å². The molecule has 0 saturated carbocycles. The summed E-state index contributed by atoms with van der Waals surface area (Å²) in [6.45, 7) is 3.08. The molecule has 2 heterocycles. The summed E-state index contributed by atoms with van der Waals surface area (Å²) in [6.07, 6.45) is 0. The molecule has 0 aliphatic carbocycles. The molecular formula is C21H19N3O8S. The number of esters is 1. The number of nitrogens with zero attached hydrogens (tertiary/aromatic N) is 1. The summed E-state index contributed by atoms with van der Waals surface area (Å²) in [5.41, 5.74) is 6.17. The second-order valence-electron chi connectivity index (χ2n) is 6.85. The van der Waals surface area contributed by atoms with Crippen LogP contribution in [-0.4, -0.2) is 29.8 Å². The van der Waals surface area contributed by atoms with Gasteiger partial charge in [0.1, 0.15) is 17.4 Å². The van der Waals surface area contributed by atoms with Crippen molar-refractivity contribution in [1.29, 1.82) is 0 Å². The quantitative estimate of drug-likeness (QED) is 0.285. The highest BCUT2D eigenvalue weighted by Crippen LogP contribution is 2.34. The van der Waals surface area contributed by atoms with Gasteiger partial charge < -0.3 is 24.9 Å². The second kappa shape index (κ2) is 9.53. The summed E-state index contributed by atoms with van der Waals surface area (Å²) in [7, 11) is 1.17. The van der Waals surface area contributed by atoms with Crippen LogP contribution in [0.4, 0.5) is 10.7 Å². The molecule has 1 aromatic carbocycles. The van der Waals surface area contributed by atoms with Crippen LogP contribution in [0.1, 0.15) is 47.5 Å². The first-order valence-electron chi connectivity index (χ1n) is 9.41. The summed E-state index contributed by atoms with van der Waals surface area (Å²) in [5.74, 6) is -1.97. The maximum Gasteiger partial charge on any atom is 0.341 e. The molecule has 0 saturated heterocycles. The van der Waals surface area contributed by atoms with Gasteiger partial charge in [-0.25, -0.2) is 4.79 Å². The number of anilines is 1. The third-order valence-corrected chi connectivity index (χ3v) is 5.78. The van der Waals surface area contributed by atoms with Gasteiger partial charge in [0.15, 0.2) is 11.5 Å². The van der Waals surface area contributed by atoms with Gasteiger partial charge in [0, 0.05) is 6.07 Å². The van der Waals surface area contributed by atoms with Crippen molar-refractivity contribution in [1.82, 2.24) is 0 Å². The number of primary amides is 1. The van der Waals surface area contributed by atoms with Crippen molar-refractivity contribution in [3.05, 3.63) is 73.5 Å². The van der Waals surface area contributed by atoms with Crippen molar-refractivity contribution in [2.45, 2.75) is 20.5 Å². The lowest BCUT2D eigenvalue weighted by molar-refractivity contribution is -0.386. The Morgan fingerprint density at radius 1 is 1.21 bits per heavy atom. The number of nitrogens with one attached hydrogen (secondary N) is 1. The lowest BCUT2D eigenvalue weighted by Gasteiger charge is -2.06. The van der Waals surface area contributed by atoms with E-state index in [0.29, 0.717) is 11.1 Å². The van der Waals surface area contributed by atoms with Crippen LogP contribution in [0, 0.1) is 24.0 Å². The number of ether oxygens (including phenoxy) is 2. The van der Waals surface area contributed by atoms with Gasteiger partial charge in [0.05, 0.1) is 22.5 Å². The Hall–Kier alpha value is -4.19. The normalized spacial score (nSPS) is 10.5. The number of furan rings is 1. The predicted octanol–water partition coefficient (Wildman–Crippen LogP) is 3.58. The number of thiophene rings is 1. The monoisotopic (exact) mass is 473 g/mol. The van der Waals surface area contributed by atoms with E-state index in [1.807, 2.05) is 0 Å². The zero-order valence-electron chi connectivity index (χ0n) is 17.8. The smallest absolute Gasteiger partial charge is 0.341 e. The molecule has 33 heavy (non-hydrogen) atoms. The summed E-state index contributed by atoms with van der Waals surface area (Å²) in [4.78, 5) is 47.2. The van der Waals surface area contributed by atoms with E-state index in [9.17, 15) is 24.5 Å². The van der Waals surface area contributed by atoms with Crippen molar-refractivity contribution in [2.75, 3.05) is 12.4 Å². The van der Waals surface area contributed by atoms with E-state index < -0.39 is 22.7 Å². The second-order valence-corrected chi connectivity index (χ2v) is 7.87. The number of aryl methyl sites for hydroxylation is 1. The van der Waals surface area contributed by atoms with E-state index in [2.05, 4.69) is 5.32 Å². The highest BCUT2D eigenvalue weighted by atomic mass is 32.1.